The molecule has 4 heteroatoms. The average molecular weight is 309 g/mol. The van der Waals surface area contributed by atoms with Gasteiger partial charge in [0.05, 0.1) is 6.10 Å². The number of fused-ring (bicyclic) bond motifs is 1. The van der Waals surface area contributed by atoms with Gasteiger partial charge >= 0.3 is 0 Å². The quantitative estimate of drug-likeness (QED) is 0.466. The third kappa shape index (κ3) is 3.95. The number of rotatable bonds is 5. The molecule has 0 aromatic heterocycles. The van der Waals surface area contributed by atoms with E-state index in [0.717, 1.165) is 32.1 Å². The lowest BCUT2D eigenvalue weighted by Gasteiger charge is -2.54. The molecule has 1 saturated carbocycles. The Morgan fingerprint density at radius 2 is 2.05 bits per heavy atom. The molecule has 3 unspecified atom stereocenters. The minimum absolute atomic E-state index is 0.197. The van der Waals surface area contributed by atoms with Gasteiger partial charge in [-0.2, -0.15) is 0 Å². The van der Waals surface area contributed by atoms with Gasteiger partial charge in [-0.15, -0.1) is 0 Å². The van der Waals surface area contributed by atoms with Gasteiger partial charge in [-0.1, -0.05) is 34.6 Å². The lowest BCUT2D eigenvalue weighted by molar-refractivity contribution is -0.106. The van der Waals surface area contributed by atoms with E-state index in [2.05, 4.69) is 52.2 Å². The smallest absolute Gasteiger partial charge is 0.191 e. The Balaban J connectivity index is 1.88. The van der Waals surface area contributed by atoms with E-state index < -0.39 is 0 Å². The molecule has 1 aliphatic carbocycles. The first-order valence-corrected chi connectivity index (χ1v) is 8.92. The van der Waals surface area contributed by atoms with Crippen LogP contribution in [0.2, 0.25) is 0 Å². The van der Waals surface area contributed by atoms with Crippen LogP contribution in [0.1, 0.15) is 60.8 Å². The summed E-state index contributed by atoms with van der Waals surface area (Å²) in [5, 5.41) is 7.07. The molecule has 0 radical (unpaired) electrons. The largest absolute Gasteiger partial charge is 0.377 e. The predicted octanol–water partition coefficient (Wildman–Crippen LogP) is 3.18. The third-order valence-corrected chi connectivity index (χ3v) is 5.09. The number of nitrogens with zero attached hydrogens (tertiary/aromatic N) is 1. The Labute approximate surface area is 136 Å². The highest BCUT2D eigenvalue weighted by Gasteiger charge is 2.59. The summed E-state index contributed by atoms with van der Waals surface area (Å²) in [7, 11) is 0. The number of guanidine groups is 1. The first-order valence-electron chi connectivity index (χ1n) is 8.92. The van der Waals surface area contributed by atoms with Gasteiger partial charge in [0.2, 0.25) is 0 Å². The minimum Gasteiger partial charge on any atom is -0.377 e. The summed E-state index contributed by atoms with van der Waals surface area (Å²) in [4.78, 5) is 4.77. The van der Waals surface area contributed by atoms with Gasteiger partial charge in [-0.3, -0.25) is 4.99 Å². The van der Waals surface area contributed by atoms with Gasteiger partial charge in [0.15, 0.2) is 5.96 Å². The van der Waals surface area contributed by atoms with Crippen molar-refractivity contribution >= 4 is 5.96 Å². The van der Waals surface area contributed by atoms with E-state index >= 15 is 0 Å². The van der Waals surface area contributed by atoms with E-state index in [4.69, 9.17) is 9.73 Å². The zero-order valence-corrected chi connectivity index (χ0v) is 15.3. The van der Waals surface area contributed by atoms with Gasteiger partial charge in [0.1, 0.15) is 0 Å². The summed E-state index contributed by atoms with van der Waals surface area (Å²) in [5.74, 6) is 1.62. The van der Waals surface area contributed by atoms with Crippen molar-refractivity contribution in [3.05, 3.63) is 0 Å². The second-order valence-corrected chi connectivity index (χ2v) is 8.61. The molecule has 1 aliphatic heterocycles. The molecule has 2 fully saturated rings. The standard InChI is InChI=1S/C18H35N3O/c1-7-19-16(20-11-8-10-17(2,3)4)21-14-13-9-12-22-15(13)18(14,5)6/h13-15H,7-12H2,1-6H3,(H2,19,20,21). The second kappa shape index (κ2) is 6.77. The number of hydrogen-bond donors (Lipinski definition) is 2. The molecular formula is C18H35N3O. The van der Waals surface area contributed by atoms with Crippen LogP contribution in [0.4, 0.5) is 0 Å². The lowest BCUT2D eigenvalue weighted by atomic mass is 9.57. The number of nitrogens with one attached hydrogen (secondary N) is 2. The summed E-state index contributed by atoms with van der Waals surface area (Å²) >= 11 is 0. The lowest BCUT2D eigenvalue weighted by Crippen LogP contribution is -2.67. The monoisotopic (exact) mass is 309 g/mol. The zero-order valence-electron chi connectivity index (χ0n) is 15.3. The van der Waals surface area contributed by atoms with Crippen LogP contribution >= 0.6 is 0 Å². The molecule has 2 aliphatic rings. The Morgan fingerprint density at radius 3 is 2.68 bits per heavy atom. The molecule has 1 heterocycles. The fourth-order valence-electron chi connectivity index (χ4n) is 3.88. The van der Waals surface area contributed by atoms with Crippen LogP contribution < -0.4 is 10.6 Å². The molecule has 3 atom stereocenters. The van der Waals surface area contributed by atoms with E-state index in [1.165, 1.54) is 12.8 Å². The van der Waals surface area contributed by atoms with Crippen molar-refractivity contribution in [3.8, 4) is 0 Å². The van der Waals surface area contributed by atoms with Gasteiger partial charge in [0, 0.05) is 37.1 Å². The molecule has 2 rings (SSSR count). The molecule has 2 N–H and O–H groups in total. The molecule has 22 heavy (non-hydrogen) atoms. The Morgan fingerprint density at radius 1 is 1.32 bits per heavy atom. The molecule has 128 valence electrons. The molecule has 0 aromatic rings. The topological polar surface area (TPSA) is 45.7 Å². The van der Waals surface area contributed by atoms with Crippen molar-refractivity contribution in [2.75, 3.05) is 19.7 Å². The molecule has 0 spiro atoms. The van der Waals surface area contributed by atoms with Crippen LogP contribution in [0.5, 0.6) is 0 Å². The highest BCUT2D eigenvalue weighted by molar-refractivity contribution is 5.80. The van der Waals surface area contributed by atoms with Crippen LogP contribution in [-0.4, -0.2) is 37.8 Å². The first-order chi connectivity index (χ1) is 10.3. The van der Waals surface area contributed by atoms with Crippen molar-refractivity contribution in [3.63, 3.8) is 0 Å². The zero-order chi connectivity index (χ0) is 16.4. The van der Waals surface area contributed by atoms with Gasteiger partial charge in [0.25, 0.3) is 0 Å². The SMILES string of the molecule is CCNC(=NCCCC(C)(C)C)NC1C2CCOC2C1(C)C. The summed E-state index contributed by atoms with van der Waals surface area (Å²) < 4.78 is 5.87. The van der Waals surface area contributed by atoms with E-state index in [0.29, 0.717) is 23.5 Å². The molecular weight excluding hydrogens is 274 g/mol. The molecule has 0 amide bonds. The summed E-state index contributed by atoms with van der Waals surface area (Å²) in [5.41, 5.74) is 0.592. The van der Waals surface area contributed by atoms with Crippen LogP contribution in [0, 0.1) is 16.7 Å². The molecule has 0 bridgehead atoms. The highest BCUT2D eigenvalue weighted by atomic mass is 16.5. The van der Waals surface area contributed by atoms with Crippen LogP contribution in [-0.2, 0) is 4.74 Å². The fraction of sp³-hybridized carbons (Fsp3) is 0.944. The number of hydrogen-bond acceptors (Lipinski definition) is 2. The molecule has 4 nitrogen and oxygen atoms in total. The summed E-state index contributed by atoms with van der Waals surface area (Å²) in [6.45, 7) is 16.3. The maximum atomic E-state index is 5.87. The Hall–Kier alpha value is -0.770. The first kappa shape index (κ1) is 17.6. The maximum absolute atomic E-state index is 5.87. The van der Waals surface area contributed by atoms with Crippen LogP contribution in [0.3, 0.4) is 0 Å². The molecule has 1 saturated heterocycles. The number of ether oxygens (including phenoxy) is 1. The normalized spacial score (nSPS) is 30.6. The van der Waals surface area contributed by atoms with Crippen molar-refractivity contribution in [2.45, 2.75) is 73.0 Å². The van der Waals surface area contributed by atoms with E-state index in [9.17, 15) is 0 Å². The van der Waals surface area contributed by atoms with Crippen LogP contribution in [0.25, 0.3) is 0 Å². The minimum atomic E-state index is 0.197. The molecule has 0 aromatic carbocycles. The number of aliphatic imine (C=N–C) groups is 1. The Bertz CT molecular complexity index is 398. The maximum Gasteiger partial charge on any atom is 0.191 e. The van der Waals surface area contributed by atoms with Crippen molar-refractivity contribution in [2.24, 2.45) is 21.7 Å². The van der Waals surface area contributed by atoms with Gasteiger partial charge in [-0.25, -0.2) is 0 Å². The predicted molar refractivity (Wildman–Crippen MR) is 93.2 cm³/mol. The summed E-state index contributed by atoms with van der Waals surface area (Å²) in [6, 6.07) is 0.473. The van der Waals surface area contributed by atoms with E-state index in [1.54, 1.807) is 0 Å². The van der Waals surface area contributed by atoms with Crippen LogP contribution in [0.15, 0.2) is 4.99 Å². The Kier molecular flexibility index (Phi) is 5.41. The van der Waals surface area contributed by atoms with Gasteiger partial charge < -0.3 is 15.4 Å². The average Bonchev–Trinajstić information content (AvgIpc) is 2.86. The van der Waals surface area contributed by atoms with Gasteiger partial charge in [-0.05, 0) is 31.6 Å². The third-order valence-electron chi connectivity index (χ3n) is 5.09. The van der Waals surface area contributed by atoms with E-state index in [-0.39, 0.29) is 5.41 Å². The van der Waals surface area contributed by atoms with Crippen molar-refractivity contribution < 1.29 is 4.74 Å². The fourth-order valence-corrected chi connectivity index (χ4v) is 3.88. The summed E-state index contributed by atoms with van der Waals surface area (Å²) in [6.07, 6.45) is 3.95. The second-order valence-electron chi connectivity index (χ2n) is 8.61. The van der Waals surface area contributed by atoms with E-state index in [1.807, 2.05) is 0 Å². The highest BCUT2D eigenvalue weighted by Crippen LogP contribution is 2.52. The van der Waals surface area contributed by atoms with Crippen molar-refractivity contribution in [1.29, 1.82) is 0 Å². The van der Waals surface area contributed by atoms with Crippen molar-refractivity contribution in [1.82, 2.24) is 10.6 Å².